The van der Waals surface area contributed by atoms with Crippen LogP contribution in [0.3, 0.4) is 0 Å². The van der Waals surface area contributed by atoms with E-state index in [9.17, 15) is 9.90 Å². The molecule has 2 unspecified atom stereocenters. The topological polar surface area (TPSA) is 52.6 Å². The van der Waals surface area contributed by atoms with E-state index in [1.54, 1.807) is 6.92 Å². The molecule has 1 fully saturated rings. The van der Waals surface area contributed by atoms with Crippen LogP contribution in [0.5, 0.6) is 0 Å². The smallest absolute Gasteiger partial charge is 0.317 e. The first-order chi connectivity index (χ1) is 8.32. The highest BCUT2D eigenvalue weighted by molar-refractivity contribution is 7.99. The lowest BCUT2D eigenvalue weighted by atomic mass is 9.87. The van der Waals surface area contributed by atoms with Gasteiger partial charge in [0.1, 0.15) is 0 Å². The van der Waals surface area contributed by atoms with Crippen molar-refractivity contribution in [3.05, 3.63) is 0 Å². The monoisotopic (exact) mass is 274 g/mol. The van der Waals surface area contributed by atoms with E-state index in [1.807, 2.05) is 23.7 Å². The summed E-state index contributed by atoms with van der Waals surface area (Å²) in [6.07, 6.45) is 1.45. The molecule has 0 aliphatic carbocycles. The summed E-state index contributed by atoms with van der Waals surface area (Å²) in [5.41, 5.74) is -0.0743. The van der Waals surface area contributed by atoms with E-state index in [4.69, 9.17) is 0 Å². The van der Waals surface area contributed by atoms with Crippen LogP contribution in [0.2, 0.25) is 0 Å². The molecule has 0 saturated carbocycles. The van der Waals surface area contributed by atoms with Gasteiger partial charge in [-0.25, -0.2) is 4.79 Å². The molecule has 1 rings (SSSR count). The molecular weight excluding hydrogens is 248 g/mol. The van der Waals surface area contributed by atoms with E-state index in [-0.39, 0.29) is 17.6 Å². The second-order valence-corrected chi connectivity index (χ2v) is 7.15. The summed E-state index contributed by atoms with van der Waals surface area (Å²) in [5, 5.41) is 12.4. The van der Waals surface area contributed by atoms with Gasteiger partial charge in [-0.2, -0.15) is 11.8 Å². The van der Waals surface area contributed by atoms with Crippen LogP contribution < -0.4 is 5.32 Å². The summed E-state index contributed by atoms with van der Waals surface area (Å²) in [5.74, 6) is 2.19. The number of thioether (sulfide) groups is 1. The molecule has 1 saturated heterocycles. The standard InChI is InChI=1S/C13H26N2O2S/c1-10(16)7-13(2,3)9-14-12(17)15(4)11-5-6-18-8-11/h10-11,16H,5-9H2,1-4H3,(H,14,17). The molecule has 0 bridgehead atoms. The van der Waals surface area contributed by atoms with Crippen LogP contribution in [-0.2, 0) is 0 Å². The maximum Gasteiger partial charge on any atom is 0.317 e. The zero-order valence-corrected chi connectivity index (χ0v) is 12.7. The maximum atomic E-state index is 12.0. The molecule has 4 nitrogen and oxygen atoms in total. The van der Waals surface area contributed by atoms with Crippen LogP contribution >= 0.6 is 11.8 Å². The third-order valence-electron chi connectivity index (χ3n) is 3.34. The van der Waals surface area contributed by atoms with Crippen LogP contribution in [0, 0.1) is 5.41 Å². The molecule has 0 aromatic rings. The Morgan fingerprint density at radius 2 is 2.28 bits per heavy atom. The van der Waals surface area contributed by atoms with Crippen LogP contribution in [0.25, 0.3) is 0 Å². The molecule has 0 aromatic heterocycles. The van der Waals surface area contributed by atoms with Gasteiger partial charge in [-0.3, -0.25) is 0 Å². The molecule has 2 amide bonds. The Balaban J connectivity index is 2.35. The van der Waals surface area contributed by atoms with Crippen molar-refractivity contribution < 1.29 is 9.90 Å². The van der Waals surface area contributed by atoms with Gasteiger partial charge in [0.2, 0.25) is 0 Å². The highest BCUT2D eigenvalue weighted by Crippen LogP contribution is 2.23. The van der Waals surface area contributed by atoms with Crippen molar-refractivity contribution in [3.63, 3.8) is 0 Å². The van der Waals surface area contributed by atoms with Gasteiger partial charge in [0.25, 0.3) is 0 Å². The molecule has 1 heterocycles. The van der Waals surface area contributed by atoms with Crippen molar-refractivity contribution >= 4 is 17.8 Å². The summed E-state index contributed by atoms with van der Waals surface area (Å²) in [7, 11) is 1.87. The van der Waals surface area contributed by atoms with Crippen molar-refractivity contribution in [3.8, 4) is 0 Å². The number of rotatable bonds is 5. The SMILES string of the molecule is CC(O)CC(C)(C)CNC(=O)N(C)C1CCSC1. The van der Waals surface area contributed by atoms with Crippen molar-refractivity contribution in [1.29, 1.82) is 0 Å². The number of urea groups is 1. The second-order valence-electron chi connectivity index (χ2n) is 6.00. The summed E-state index contributed by atoms with van der Waals surface area (Å²) in [6.45, 7) is 6.50. The number of amides is 2. The lowest BCUT2D eigenvalue weighted by Gasteiger charge is -2.29. The first-order valence-electron chi connectivity index (χ1n) is 6.58. The number of nitrogens with zero attached hydrogens (tertiary/aromatic N) is 1. The highest BCUT2D eigenvalue weighted by atomic mass is 32.2. The average Bonchev–Trinajstić information content (AvgIpc) is 2.76. The molecule has 5 heteroatoms. The van der Waals surface area contributed by atoms with E-state index >= 15 is 0 Å². The molecule has 0 aromatic carbocycles. The van der Waals surface area contributed by atoms with Gasteiger partial charge in [0, 0.05) is 25.4 Å². The lowest BCUT2D eigenvalue weighted by molar-refractivity contribution is 0.126. The molecule has 106 valence electrons. The maximum absolute atomic E-state index is 12.0. The first-order valence-corrected chi connectivity index (χ1v) is 7.74. The predicted octanol–water partition coefficient (Wildman–Crippen LogP) is 1.93. The molecule has 1 aliphatic rings. The van der Waals surface area contributed by atoms with Crippen LogP contribution in [0.4, 0.5) is 4.79 Å². The Morgan fingerprint density at radius 3 is 2.78 bits per heavy atom. The Kier molecular flexibility index (Phi) is 5.79. The predicted molar refractivity (Wildman–Crippen MR) is 77.0 cm³/mol. The number of aliphatic hydroxyl groups is 1. The molecule has 0 radical (unpaired) electrons. The average molecular weight is 274 g/mol. The number of carbonyl (C=O) groups is 1. The lowest BCUT2D eigenvalue weighted by Crippen LogP contribution is -2.46. The molecule has 18 heavy (non-hydrogen) atoms. The van der Waals surface area contributed by atoms with E-state index < -0.39 is 0 Å². The summed E-state index contributed by atoms with van der Waals surface area (Å²) in [6, 6.07) is 0.371. The van der Waals surface area contributed by atoms with Crippen LogP contribution in [0.1, 0.15) is 33.6 Å². The Labute approximate surface area is 115 Å². The fourth-order valence-electron chi connectivity index (χ4n) is 2.30. The third-order valence-corrected chi connectivity index (χ3v) is 4.48. The van der Waals surface area contributed by atoms with Gasteiger partial charge < -0.3 is 15.3 Å². The van der Waals surface area contributed by atoms with Crippen molar-refractivity contribution in [2.24, 2.45) is 5.41 Å². The third kappa shape index (κ3) is 5.06. The van der Waals surface area contributed by atoms with Gasteiger partial charge in [0.15, 0.2) is 0 Å². The number of hydrogen-bond donors (Lipinski definition) is 2. The fraction of sp³-hybridized carbons (Fsp3) is 0.923. The van der Waals surface area contributed by atoms with Crippen LogP contribution in [-0.4, -0.2) is 53.3 Å². The largest absolute Gasteiger partial charge is 0.393 e. The Bertz CT molecular complexity index is 276. The Hall–Kier alpha value is -0.420. The van der Waals surface area contributed by atoms with E-state index in [0.717, 1.165) is 17.9 Å². The number of carbonyl (C=O) groups excluding carboxylic acids is 1. The highest BCUT2D eigenvalue weighted by Gasteiger charge is 2.26. The van der Waals surface area contributed by atoms with E-state index in [2.05, 4.69) is 19.2 Å². The molecule has 0 spiro atoms. The minimum atomic E-state index is -0.333. The number of hydrogen-bond acceptors (Lipinski definition) is 3. The van der Waals surface area contributed by atoms with Crippen molar-refractivity contribution in [2.45, 2.75) is 45.8 Å². The number of aliphatic hydroxyl groups excluding tert-OH is 1. The molecule has 2 N–H and O–H groups in total. The quantitative estimate of drug-likeness (QED) is 0.805. The minimum Gasteiger partial charge on any atom is -0.393 e. The molecule has 1 aliphatic heterocycles. The Morgan fingerprint density at radius 1 is 1.61 bits per heavy atom. The molecular formula is C13H26N2O2S. The van der Waals surface area contributed by atoms with Gasteiger partial charge >= 0.3 is 6.03 Å². The van der Waals surface area contributed by atoms with Gasteiger partial charge in [-0.15, -0.1) is 0 Å². The van der Waals surface area contributed by atoms with Gasteiger partial charge in [0.05, 0.1) is 6.10 Å². The summed E-state index contributed by atoms with van der Waals surface area (Å²) >= 11 is 1.91. The summed E-state index contributed by atoms with van der Waals surface area (Å²) < 4.78 is 0. The zero-order chi connectivity index (χ0) is 13.8. The van der Waals surface area contributed by atoms with Crippen LogP contribution in [0.15, 0.2) is 0 Å². The number of nitrogens with one attached hydrogen (secondary N) is 1. The first kappa shape index (κ1) is 15.6. The van der Waals surface area contributed by atoms with E-state index in [1.165, 1.54) is 0 Å². The minimum absolute atomic E-state index is 0.00108. The van der Waals surface area contributed by atoms with E-state index in [0.29, 0.717) is 19.0 Å². The van der Waals surface area contributed by atoms with Crippen molar-refractivity contribution in [2.75, 3.05) is 25.1 Å². The fourth-order valence-corrected chi connectivity index (χ4v) is 3.57. The molecule has 2 atom stereocenters. The zero-order valence-electron chi connectivity index (χ0n) is 11.9. The summed E-state index contributed by atoms with van der Waals surface area (Å²) in [4.78, 5) is 13.8. The van der Waals surface area contributed by atoms with Gasteiger partial charge in [-0.05, 0) is 30.9 Å². The second kappa shape index (κ2) is 6.66. The normalized spacial score (nSPS) is 21.7. The van der Waals surface area contributed by atoms with Crippen molar-refractivity contribution in [1.82, 2.24) is 10.2 Å². The van der Waals surface area contributed by atoms with Gasteiger partial charge in [-0.1, -0.05) is 13.8 Å².